The van der Waals surface area contributed by atoms with Gasteiger partial charge in [0.1, 0.15) is 0 Å². The standard InChI is InChI=1S/C14H10ClF2NO/c1-7-2-4-9(13(17)12(7)16)14(19)8-3-5-10(15)11(18)6-8/h2-6H,18H2,1H3. The number of nitrogens with two attached hydrogens (primary N) is 1. The van der Waals surface area contributed by atoms with Crippen LogP contribution >= 0.6 is 11.6 Å². The largest absolute Gasteiger partial charge is 0.398 e. The van der Waals surface area contributed by atoms with Gasteiger partial charge in [-0.05, 0) is 36.8 Å². The summed E-state index contributed by atoms with van der Waals surface area (Å²) in [5, 5.41) is 0.298. The normalized spacial score (nSPS) is 10.5. The van der Waals surface area contributed by atoms with E-state index < -0.39 is 17.4 Å². The van der Waals surface area contributed by atoms with E-state index in [0.717, 1.165) is 0 Å². The number of rotatable bonds is 2. The molecule has 2 aromatic rings. The average molecular weight is 282 g/mol. The molecule has 0 aliphatic heterocycles. The molecule has 98 valence electrons. The van der Waals surface area contributed by atoms with Crippen LogP contribution in [0.4, 0.5) is 14.5 Å². The van der Waals surface area contributed by atoms with Crippen LogP contribution in [0.5, 0.6) is 0 Å². The summed E-state index contributed by atoms with van der Waals surface area (Å²) in [6, 6.07) is 6.79. The van der Waals surface area contributed by atoms with Gasteiger partial charge in [-0.2, -0.15) is 0 Å². The predicted molar refractivity (Wildman–Crippen MR) is 70.4 cm³/mol. The number of nitrogen functional groups attached to an aromatic ring is 1. The lowest BCUT2D eigenvalue weighted by Crippen LogP contribution is -2.07. The summed E-state index contributed by atoms with van der Waals surface area (Å²) >= 11 is 5.74. The van der Waals surface area contributed by atoms with Crippen molar-refractivity contribution in [1.82, 2.24) is 0 Å². The number of benzene rings is 2. The molecule has 0 aliphatic carbocycles. The number of hydrogen-bond acceptors (Lipinski definition) is 2. The minimum Gasteiger partial charge on any atom is -0.398 e. The van der Waals surface area contributed by atoms with Crippen LogP contribution < -0.4 is 5.73 Å². The average Bonchev–Trinajstić information content (AvgIpc) is 2.39. The van der Waals surface area contributed by atoms with Crippen molar-refractivity contribution in [3.05, 3.63) is 63.7 Å². The fourth-order valence-corrected chi connectivity index (χ4v) is 1.78. The maximum absolute atomic E-state index is 13.7. The van der Waals surface area contributed by atoms with Crippen molar-refractivity contribution in [2.24, 2.45) is 0 Å². The molecule has 0 bridgehead atoms. The number of hydrogen-bond donors (Lipinski definition) is 1. The molecule has 0 heterocycles. The molecular formula is C14H10ClF2NO. The quantitative estimate of drug-likeness (QED) is 0.673. The zero-order chi connectivity index (χ0) is 14.2. The van der Waals surface area contributed by atoms with Gasteiger partial charge in [0.15, 0.2) is 17.4 Å². The van der Waals surface area contributed by atoms with Crippen LogP contribution in [0.15, 0.2) is 30.3 Å². The van der Waals surface area contributed by atoms with Crippen LogP contribution in [-0.2, 0) is 0 Å². The van der Waals surface area contributed by atoms with E-state index in [-0.39, 0.29) is 22.4 Å². The second kappa shape index (κ2) is 4.97. The Morgan fingerprint density at radius 3 is 2.47 bits per heavy atom. The third-order valence-electron chi connectivity index (χ3n) is 2.78. The van der Waals surface area contributed by atoms with E-state index in [2.05, 4.69) is 0 Å². The Morgan fingerprint density at radius 1 is 1.16 bits per heavy atom. The lowest BCUT2D eigenvalue weighted by Gasteiger charge is -2.06. The first-order valence-corrected chi connectivity index (χ1v) is 5.84. The Kier molecular flexibility index (Phi) is 3.53. The minimum atomic E-state index is -1.15. The van der Waals surface area contributed by atoms with Crippen LogP contribution in [0.25, 0.3) is 0 Å². The molecule has 2 nitrogen and oxygen atoms in total. The van der Waals surface area contributed by atoms with Gasteiger partial charge in [-0.15, -0.1) is 0 Å². The number of ketones is 1. The van der Waals surface area contributed by atoms with E-state index in [0.29, 0.717) is 5.02 Å². The lowest BCUT2D eigenvalue weighted by atomic mass is 10.0. The number of aryl methyl sites for hydroxylation is 1. The van der Waals surface area contributed by atoms with E-state index in [4.69, 9.17) is 17.3 Å². The highest BCUT2D eigenvalue weighted by Crippen LogP contribution is 2.23. The van der Waals surface area contributed by atoms with Crippen LogP contribution in [0.2, 0.25) is 5.02 Å². The highest BCUT2D eigenvalue weighted by molar-refractivity contribution is 6.33. The van der Waals surface area contributed by atoms with Gasteiger partial charge in [0.05, 0.1) is 16.3 Å². The van der Waals surface area contributed by atoms with Crippen molar-refractivity contribution in [2.75, 3.05) is 5.73 Å². The Morgan fingerprint density at radius 2 is 1.84 bits per heavy atom. The van der Waals surface area contributed by atoms with Crippen LogP contribution in [0.3, 0.4) is 0 Å². The topological polar surface area (TPSA) is 43.1 Å². The lowest BCUT2D eigenvalue weighted by molar-refractivity contribution is 0.103. The molecule has 0 radical (unpaired) electrons. The van der Waals surface area contributed by atoms with Gasteiger partial charge in [-0.3, -0.25) is 4.79 Å². The number of anilines is 1. The summed E-state index contributed by atoms with van der Waals surface area (Å²) in [5.74, 6) is -2.81. The zero-order valence-electron chi connectivity index (χ0n) is 10.0. The molecule has 0 saturated heterocycles. The van der Waals surface area contributed by atoms with E-state index in [1.54, 1.807) is 0 Å². The van der Waals surface area contributed by atoms with Crippen molar-refractivity contribution >= 4 is 23.1 Å². The van der Waals surface area contributed by atoms with Crippen molar-refractivity contribution in [3.8, 4) is 0 Å². The smallest absolute Gasteiger partial charge is 0.196 e. The fraction of sp³-hybridized carbons (Fsp3) is 0.0714. The van der Waals surface area contributed by atoms with E-state index in [1.807, 2.05) is 0 Å². The second-order valence-electron chi connectivity index (χ2n) is 4.12. The molecule has 0 unspecified atom stereocenters. The van der Waals surface area contributed by atoms with Gasteiger partial charge >= 0.3 is 0 Å². The van der Waals surface area contributed by atoms with Crippen molar-refractivity contribution in [2.45, 2.75) is 6.92 Å². The maximum Gasteiger partial charge on any atom is 0.196 e. The summed E-state index contributed by atoms with van der Waals surface area (Å²) in [6.07, 6.45) is 0. The molecule has 0 atom stereocenters. The summed E-state index contributed by atoms with van der Waals surface area (Å²) < 4.78 is 27.2. The molecule has 0 aliphatic rings. The molecule has 5 heteroatoms. The van der Waals surface area contributed by atoms with Gasteiger partial charge in [0, 0.05) is 5.56 Å². The summed E-state index contributed by atoms with van der Waals surface area (Å²) in [7, 11) is 0. The summed E-state index contributed by atoms with van der Waals surface area (Å²) in [6.45, 7) is 1.42. The molecule has 2 N–H and O–H groups in total. The highest BCUT2D eigenvalue weighted by atomic mass is 35.5. The third kappa shape index (κ3) is 2.44. The molecule has 0 amide bonds. The van der Waals surface area contributed by atoms with E-state index in [1.165, 1.54) is 37.3 Å². The number of carbonyl (C=O) groups excluding carboxylic acids is 1. The Balaban J connectivity index is 2.50. The highest BCUT2D eigenvalue weighted by Gasteiger charge is 2.18. The Bertz CT molecular complexity index is 671. The van der Waals surface area contributed by atoms with Gasteiger partial charge in [0.2, 0.25) is 0 Å². The van der Waals surface area contributed by atoms with Gasteiger partial charge < -0.3 is 5.73 Å². The fourth-order valence-electron chi connectivity index (χ4n) is 1.66. The molecule has 2 rings (SSSR count). The van der Waals surface area contributed by atoms with Crippen molar-refractivity contribution in [1.29, 1.82) is 0 Å². The monoisotopic (exact) mass is 281 g/mol. The SMILES string of the molecule is Cc1ccc(C(=O)c2ccc(Cl)c(N)c2)c(F)c1F. The van der Waals surface area contributed by atoms with Crippen molar-refractivity contribution < 1.29 is 13.6 Å². The number of carbonyl (C=O) groups is 1. The van der Waals surface area contributed by atoms with E-state index in [9.17, 15) is 13.6 Å². The summed E-state index contributed by atoms with van der Waals surface area (Å²) in [5.41, 5.74) is 5.76. The van der Waals surface area contributed by atoms with Crippen LogP contribution in [0, 0.1) is 18.6 Å². The van der Waals surface area contributed by atoms with Gasteiger partial charge in [-0.1, -0.05) is 17.7 Å². The minimum absolute atomic E-state index is 0.143. The molecule has 2 aromatic carbocycles. The third-order valence-corrected chi connectivity index (χ3v) is 3.12. The second-order valence-corrected chi connectivity index (χ2v) is 4.53. The molecule has 0 aromatic heterocycles. The first-order valence-electron chi connectivity index (χ1n) is 5.46. The first kappa shape index (κ1) is 13.5. The molecule has 0 spiro atoms. The first-order chi connectivity index (χ1) is 8.91. The molecular weight excluding hydrogens is 272 g/mol. The summed E-state index contributed by atoms with van der Waals surface area (Å²) in [4.78, 5) is 12.1. The maximum atomic E-state index is 13.7. The molecule has 0 fully saturated rings. The molecule has 0 saturated carbocycles. The van der Waals surface area contributed by atoms with Gasteiger partial charge in [-0.25, -0.2) is 8.78 Å². The van der Waals surface area contributed by atoms with E-state index >= 15 is 0 Å². The predicted octanol–water partition coefficient (Wildman–Crippen LogP) is 3.74. The molecule has 19 heavy (non-hydrogen) atoms. The van der Waals surface area contributed by atoms with Crippen LogP contribution in [-0.4, -0.2) is 5.78 Å². The Hall–Kier alpha value is -1.94. The Labute approximate surface area is 113 Å². The number of halogens is 3. The zero-order valence-corrected chi connectivity index (χ0v) is 10.8. The van der Waals surface area contributed by atoms with Crippen molar-refractivity contribution in [3.63, 3.8) is 0 Å². The van der Waals surface area contributed by atoms with Crippen LogP contribution in [0.1, 0.15) is 21.5 Å². The van der Waals surface area contributed by atoms with Gasteiger partial charge in [0.25, 0.3) is 0 Å².